The number of nitrogens with one attached hydrogen (secondary N) is 1. The van der Waals surface area contributed by atoms with Crippen molar-refractivity contribution >= 4 is 17.0 Å². The summed E-state index contributed by atoms with van der Waals surface area (Å²) in [5.74, 6) is -0.786. The van der Waals surface area contributed by atoms with Crippen LogP contribution in [0.25, 0.3) is 16.7 Å². The molecule has 0 unspecified atom stereocenters. The first-order valence-electron chi connectivity index (χ1n) is 6.56. The normalized spacial score (nSPS) is 10.8. The summed E-state index contributed by atoms with van der Waals surface area (Å²) in [7, 11) is 1.47. The summed E-state index contributed by atoms with van der Waals surface area (Å²) in [5, 5.41) is 8.98. The van der Waals surface area contributed by atoms with Gasteiger partial charge in [0.15, 0.2) is 0 Å². The van der Waals surface area contributed by atoms with E-state index in [4.69, 9.17) is 9.84 Å². The largest absolute Gasteiger partial charge is 0.494 e. The van der Waals surface area contributed by atoms with Gasteiger partial charge in [-0.25, -0.2) is 4.98 Å². The first-order valence-corrected chi connectivity index (χ1v) is 6.56. The molecule has 0 bridgehead atoms. The fourth-order valence-corrected chi connectivity index (χ4v) is 2.35. The maximum Gasteiger partial charge on any atom is 0.323 e. The summed E-state index contributed by atoms with van der Waals surface area (Å²) in [6.45, 7) is -0.616. The quantitative estimate of drug-likeness (QED) is 0.652. The lowest BCUT2D eigenvalue weighted by Crippen LogP contribution is -2.37. The molecule has 2 heterocycles. The third kappa shape index (κ3) is 2.48. The van der Waals surface area contributed by atoms with E-state index in [-0.39, 0.29) is 5.52 Å². The maximum absolute atomic E-state index is 12.0. The van der Waals surface area contributed by atoms with Gasteiger partial charge in [0.1, 0.15) is 12.3 Å². The molecule has 1 aromatic carbocycles. The predicted molar refractivity (Wildman–Crippen MR) is 80.1 cm³/mol. The van der Waals surface area contributed by atoms with E-state index in [9.17, 15) is 14.4 Å². The molecule has 3 rings (SSSR count). The molecule has 2 aromatic heterocycles. The summed E-state index contributed by atoms with van der Waals surface area (Å²) in [5.41, 5.74) is -0.681. The number of benzene rings is 1. The Morgan fingerprint density at radius 1 is 1.39 bits per heavy atom. The molecule has 0 saturated carbocycles. The van der Waals surface area contributed by atoms with E-state index in [0.717, 1.165) is 4.57 Å². The summed E-state index contributed by atoms with van der Waals surface area (Å²) >= 11 is 0. The van der Waals surface area contributed by atoms with Crippen molar-refractivity contribution < 1.29 is 14.6 Å². The number of aliphatic carboxylic acids is 1. The number of H-pyrrole nitrogens is 1. The highest BCUT2D eigenvalue weighted by molar-refractivity contribution is 5.81. The van der Waals surface area contributed by atoms with Gasteiger partial charge in [-0.05, 0) is 6.07 Å². The Morgan fingerprint density at radius 2 is 2.17 bits per heavy atom. The minimum Gasteiger partial charge on any atom is -0.494 e. The van der Waals surface area contributed by atoms with Crippen LogP contribution < -0.4 is 15.9 Å². The Morgan fingerprint density at radius 3 is 2.78 bits per heavy atom. The summed E-state index contributed by atoms with van der Waals surface area (Å²) < 4.78 is 7.86. The minimum absolute atomic E-state index is 0.279. The van der Waals surface area contributed by atoms with Crippen molar-refractivity contribution in [3.63, 3.8) is 0 Å². The molecular weight excluding hydrogens is 304 g/mol. The van der Waals surface area contributed by atoms with Gasteiger partial charge in [0.2, 0.25) is 0 Å². The van der Waals surface area contributed by atoms with Gasteiger partial charge in [0.25, 0.3) is 0 Å². The second-order valence-electron chi connectivity index (χ2n) is 4.75. The molecule has 0 amide bonds. The minimum atomic E-state index is -1.22. The first kappa shape index (κ1) is 14.6. The zero-order valence-electron chi connectivity index (χ0n) is 12.0. The number of aromatic amines is 1. The molecule has 0 spiro atoms. The number of aromatic nitrogens is 4. The molecule has 118 valence electrons. The monoisotopic (exact) mass is 316 g/mol. The molecule has 0 atom stereocenters. The summed E-state index contributed by atoms with van der Waals surface area (Å²) in [6, 6.07) is 3.10. The molecule has 0 aliphatic heterocycles. The molecule has 0 fully saturated rings. The Balaban J connectivity index is 2.40. The molecule has 0 aliphatic carbocycles. The number of hydrogen-bond acceptors (Lipinski definition) is 5. The Bertz CT molecular complexity index is 1000. The number of imidazole rings is 1. The van der Waals surface area contributed by atoms with Crippen molar-refractivity contribution in [3.05, 3.63) is 51.6 Å². The van der Waals surface area contributed by atoms with Crippen molar-refractivity contribution in [2.45, 2.75) is 6.54 Å². The van der Waals surface area contributed by atoms with Crippen LogP contribution in [0.4, 0.5) is 0 Å². The number of methoxy groups -OCH3 is 1. The van der Waals surface area contributed by atoms with E-state index in [0.29, 0.717) is 17.0 Å². The third-order valence-electron chi connectivity index (χ3n) is 3.35. The van der Waals surface area contributed by atoms with Crippen molar-refractivity contribution in [3.8, 4) is 11.4 Å². The molecule has 23 heavy (non-hydrogen) atoms. The van der Waals surface area contributed by atoms with Gasteiger partial charge in [-0.3, -0.25) is 19.0 Å². The zero-order chi connectivity index (χ0) is 16.6. The Labute approximate surface area is 128 Å². The van der Waals surface area contributed by atoms with Gasteiger partial charge in [-0.1, -0.05) is 0 Å². The van der Waals surface area contributed by atoms with E-state index in [1.54, 1.807) is 23.0 Å². The molecule has 0 radical (unpaired) electrons. The Kier molecular flexibility index (Phi) is 3.45. The number of ether oxygens (including phenoxy) is 1. The van der Waals surface area contributed by atoms with E-state index in [1.807, 2.05) is 0 Å². The van der Waals surface area contributed by atoms with Crippen molar-refractivity contribution in [2.75, 3.05) is 7.11 Å². The number of carboxylic acid groups (broad SMARTS) is 1. The van der Waals surface area contributed by atoms with Crippen LogP contribution in [-0.4, -0.2) is 37.3 Å². The van der Waals surface area contributed by atoms with Crippen LogP contribution in [0.15, 0.2) is 40.4 Å². The van der Waals surface area contributed by atoms with E-state index in [1.165, 1.54) is 19.5 Å². The van der Waals surface area contributed by atoms with Crippen LogP contribution in [0, 0.1) is 0 Å². The van der Waals surface area contributed by atoms with Gasteiger partial charge in [0.05, 0.1) is 30.2 Å². The van der Waals surface area contributed by atoms with E-state index >= 15 is 0 Å². The van der Waals surface area contributed by atoms with Crippen LogP contribution in [0.5, 0.6) is 5.75 Å². The van der Waals surface area contributed by atoms with Crippen LogP contribution in [0.2, 0.25) is 0 Å². The van der Waals surface area contributed by atoms with Gasteiger partial charge in [-0.15, -0.1) is 0 Å². The smallest absolute Gasteiger partial charge is 0.323 e. The maximum atomic E-state index is 12.0. The molecule has 0 saturated heterocycles. The van der Waals surface area contributed by atoms with Gasteiger partial charge in [-0.2, -0.15) is 0 Å². The second-order valence-corrected chi connectivity index (χ2v) is 4.75. The van der Waals surface area contributed by atoms with Gasteiger partial charge < -0.3 is 19.4 Å². The lowest BCUT2D eigenvalue weighted by Gasteiger charge is -2.13. The summed E-state index contributed by atoms with van der Waals surface area (Å²) in [6.07, 6.45) is 4.78. The van der Waals surface area contributed by atoms with Gasteiger partial charge >= 0.3 is 17.1 Å². The Hall–Kier alpha value is -3.36. The molecule has 9 nitrogen and oxygen atoms in total. The molecule has 9 heteroatoms. The standard InChI is InChI=1S/C14H12N4O5/c1-23-11-4-8-9(5-10(11)17-3-2-15-7-17)18(6-12(19)20)14(22)13(21)16-8/h2-5,7H,6H2,1H3,(H,16,21)(H,19,20). The fraction of sp³-hybridized carbons (Fsp3) is 0.143. The molecule has 2 N–H and O–H groups in total. The number of nitrogens with zero attached hydrogens (tertiary/aromatic N) is 3. The highest BCUT2D eigenvalue weighted by atomic mass is 16.5. The van der Waals surface area contributed by atoms with Crippen LogP contribution >= 0.6 is 0 Å². The molecular formula is C14H12N4O5. The lowest BCUT2D eigenvalue weighted by molar-refractivity contribution is -0.137. The number of carboxylic acids is 1. The fourth-order valence-electron chi connectivity index (χ4n) is 2.35. The average molecular weight is 316 g/mol. The summed E-state index contributed by atoms with van der Waals surface area (Å²) in [4.78, 5) is 41.1. The third-order valence-corrected chi connectivity index (χ3v) is 3.35. The van der Waals surface area contributed by atoms with Crippen molar-refractivity contribution in [1.82, 2.24) is 19.1 Å². The van der Waals surface area contributed by atoms with E-state index < -0.39 is 23.6 Å². The van der Waals surface area contributed by atoms with E-state index in [2.05, 4.69) is 9.97 Å². The SMILES string of the molecule is COc1cc2[nH]c(=O)c(=O)n(CC(=O)O)c2cc1-n1ccnc1. The second kappa shape index (κ2) is 5.44. The number of hydrogen-bond donors (Lipinski definition) is 2. The number of carbonyl (C=O) groups is 1. The highest BCUT2D eigenvalue weighted by Crippen LogP contribution is 2.27. The highest BCUT2D eigenvalue weighted by Gasteiger charge is 2.15. The predicted octanol–water partition coefficient (Wildman–Crippen LogP) is -0.0313. The molecule has 3 aromatic rings. The lowest BCUT2D eigenvalue weighted by atomic mass is 10.2. The first-order chi connectivity index (χ1) is 11.0. The van der Waals surface area contributed by atoms with Gasteiger partial charge in [0, 0.05) is 18.5 Å². The molecule has 0 aliphatic rings. The van der Waals surface area contributed by atoms with Crippen LogP contribution in [-0.2, 0) is 11.3 Å². The topological polar surface area (TPSA) is 119 Å². The number of fused-ring (bicyclic) bond motifs is 1. The number of rotatable bonds is 4. The van der Waals surface area contributed by atoms with Crippen LogP contribution in [0.3, 0.4) is 0 Å². The van der Waals surface area contributed by atoms with Crippen molar-refractivity contribution in [1.29, 1.82) is 0 Å². The van der Waals surface area contributed by atoms with Crippen molar-refractivity contribution in [2.24, 2.45) is 0 Å². The average Bonchev–Trinajstić information content (AvgIpc) is 3.04. The zero-order valence-corrected chi connectivity index (χ0v) is 12.0. The van der Waals surface area contributed by atoms with Crippen LogP contribution in [0.1, 0.15) is 0 Å².